The van der Waals surface area contributed by atoms with Gasteiger partial charge in [0, 0.05) is 19.2 Å². The molecule has 0 radical (unpaired) electrons. The molecule has 0 fully saturated rings. The smallest absolute Gasteiger partial charge is 0.144 e. The van der Waals surface area contributed by atoms with E-state index < -0.39 is 0 Å². The van der Waals surface area contributed by atoms with Crippen molar-refractivity contribution in [2.24, 2.45) is 0 Å². The second-order valence-corrected chi connectivity index (χ2v) is 3.94. The predicted octanol–water partition coefficient (Wildman–Crippen LogP) is 2.16. The van der Waals surface area contributed by atoms with Crippen molar-refractivity contribution in [3.63, 3.8) is 0 Å². The summed E-state index contributed by atoms with van der Waals surface area (Å²) in [6.45, 7) is 0.670. The Balaban J connectivity index is 1.90. The Morgan fingerprint density at radius 2 is 2.19 bits per heavy atom. The second kappa shape index (κ2) is 5.14. The summed E-state index contributed by atoms with van der Waals surface area (Å²) in [6, 6.07) is 1.65. The summed E-state index contributed by atoms with van der Waals surface area (Å²) in [7, 11) is 0. The van der Waals surface area contributed by atoms with Crippen LogP contribution in [0.25, 0.3) is 0 Å². The van der Waals surface area contributed by atoms with Crippen LogP contribution in [0.5, 0.6) is 0 Å². The summed E-state index contributed by atoms with van der Waals surface area (Å²) in [5.41, 5.74) is 0. The lowest BCUT2D eigenvalue weighted by Crippen LogP contribution is -2.07. The van der Waals surface area contributed by atoms with Gasteiger partial charge in [-0.3, -0.25) is 5.10 Å². The number of nitrogens with zero attached hydrogens (tertiary/aromatic N) is 3. The van der Waals surface area contributed by atoms with Crippen molar-refractivity contribution < 1.29 is 0 Å². The first-order valence-electron chi connectivity index (χ1n) is 4.65. The van der Waals surface area contributed by atoms with E-state index in [1.54, 1.807) is 12.3 Å². The number of pyridine rings is 1. The van der Waals surface area contributed by atoms with Crippen LogP contribution in [0.3, 0.4) is 0 Å². The van der Waals surface area contributed by atoms with Crippen LogP contribution in [0.1, 0.15) is 5.82 Å². The maximum atomic E-state index is 5.94. The lowest BCUT2D eigenvalue weighted by molar-refractivity contribution is 0.897. The van der Waals surface area contributed by atoms with E-state index in [0.717, 1.165) is 12.2 Å². The van der Waals surface area contributed by atoms with Crippen LogP contribution in [0.4, 0.5) is 5.82 Å². The van der Waals surface area contributed by atoms with E-state index in [1.807, 2.05) is 0 Å². The van der Waals surface area contributed by atoms with E-state index >= 15 is 0 Å². The summed E-state index contributed by atoms with van der Waals surface area (Å²) in [6.07, 6.45) is 3.74. The first kappa shape index (κ1) is 11.2. The van der Waals surface area contributed by atoms with Crippen molar-refractivity contribution >= 4 is 29.0 Å². The van der Waals surface area contributed by atoms with E-state index in [4.69, 9.17) is 23.2 Å². The first-order chi connectivity index (χ1) is 7.75. The van der Waals surface area contributed by atoms with Gasteiger partial charge in [0.05, 0.1) is 10.0 Å². The fourth-order valence-electron chi connectivity index (χ4n) is 1.20. The molecule has 0 saturated heterocycles. The third-order valence-electron chi connectivity index (χ3n) is 1.93. The van der Waals surface area contributed by atoms with Crippen molar-refractivity contribution in [1.82, 2.24) is 20.2 Å². The van der Waals surface area contributed by atoms with Gasteiger partial charge in [-0.25, -0.2) is 9.97 Å². The van der Waals surface area contributed by atoms with Crippen molar-refractivity contribution in [1.29, 1.82) is 0 Å². The van der Waals surface area contributed by atoms with Gasteiger partial charge in [0.1, 0.15) is 18.0 Å². The highest BCUT2D eigenvalue weighted by molar-refractivity contribution is 6.35. The van der Waals surface area contributed by atoms with Crippen LogP contribution >= 0.6 is 23.2 Å². The molecule has 5 nitrogen and oxygen atoms in total. The van der Waals surface area contributed by atoms with Crippen molar-refractivity contribution in [3.8, 4) is 0 Å². The Hall–Kier alpha value is -1.33. The van der Waals surface area contributed by atoms with E-state index in [0.29, 0.717) is 22.4 Å². The Kier molecular flexibility index (Phi) is 3.58. The number of H-pyrrole nitrogens is 1. The molecule has 0 unspecified atom stereocenters. The minimum Gasteiger partial charge on any atom is -0.368 e. The highest BCUT2D eigenvalue weighted by atomic mass is 35.5. The molecule has 2 aromatic heterocycles. The van der Waals surface area contributed by atoms with E-state index in [-0.39, 0.29) is 0 Å². The van der Waals surface area contributed by atoms with Crippen molar-refractivity contribution in [2.75, 3.05) is 11.9 Å². The molecule has 7 heteroatoms. The maximum absolute atomic E-state index is 5.94. The van der Waals surface area contributed by atoms with Crippen LogP contribution in [0, 0.1) is 0 Å². The van der Waals surface area contributed by atoms with Crippen molar-refractivity contribution in [2.45, 2.75) is 6.42 Å². The predicted molar refractivity (Wildman–Crippen MR) is 62.8 cm³/mol. The number of aromatic nitrogens is 4. The molecule has 2 rings (SSSR count). The van der Waals surface area contributed by atoms with Gasteiger partial charge >= 0.3 is 0 Å². The van der Waals surface area contributed by atoms with Crippen molar-refractivity contribution in [3.05, 3.63) is 34.5 Å². The zero-order valence-corrected chi connectivity index (χ0v) is 9.76. The molecule has 0 atom stereocenters. The molecule has 0 bridgehead atoms. The number of nitrogens with one attached hydrogen (secondary N) is 2. The van der Waals surface area contributed by atoms with Crippen LogP contribution in [-0.2, 0) is 6.42 Å². The molecule has 0 aliphatic rings. The molecule has 16 heavy (non-hydrogen) atoms. The molecular formula is C9H9Cl2N5. The van der Waals surface area contributed by atoms with Crippen LogP contribution in [0.15, 0.2) is 18.6 Å². The average Bonchev–Trinajstić information content (AvgIpc) is 2.74. The molecule has 0 saturated carbocycles. The zero-order valence-electron chi connectivity index (χ0n) is 8.24. The van der Waals surface area contributed by atoms with Crippen LogP contribution in [0.2, 0.25) is 10.0 Å². The number of rotatable bonds is 4. The molecule has 0 aliphatic heterocycles. The van der Waals surface area contributed by atoms with Gasteiger partial charge in [-0.05, 0) is 6.07 Å². The van der Waals surface area contributed by atoms with E-state index in [2.05, 4.69) is 25.5 Å². The molecule has 84 valence electrons. The Morgan fingerprint density at radius 1 is 1.31 bits per heavy atom. The first-order valence-corrected chi connectivity index (χ1v) is 5.40. The summed E-state index contributed by atoms with van der Waals surface area (Å²) in [5, 5.41) is 10.6. The molecule has 2 aromatic rings. The Labute approximate surface area is 102 Å². The average molecular weight is 258 g/mol. The summed E-state index contributed by atoms with van der Waals surface area (Å²) < 4.78 is 0. The highest BCUT2D eigenvalue weighted by Crippen LogP contribution is 2.22. The molecule has 0 amide bonds. The SMILES string of the molecule is Clc1cnc(NCCc2ncn[nH]2)c(Cl)c1. The largest absolute Gasteiger partial charge is 0.368 e. The van der Waals surface area contributed by atoms with Gasteiger partial charge in [-0.15, -0.1) is 0 Å². The summed E-state index contributed by atoms with van der Waals surface area (Å²) in [5.74, 6) is 1.43. The maximum Gasteiger partial charge on any atom is 0.144 e. The molecule has 0 spiro atoms. The Morgan fingerprint density at radius 3 is 2.88 bits per heavy atom. The molecular weight excluding hydrogens is 249 g/mol. The minimum absolute atomic E-state index is 0.505. The molecule has 2 heterocycles. The van der Waals surface area contributed by atoms with Gasteiger partial charge < -0.3 is 5.32 Å². The lowest BCUT2D eigenvalue weighted by Gasteiger charge is -2.05. The second-order valence-electron chi connectivity index (χ2n) is 3.09. The van der Waals surface area contributed by atoms with Gasteiger partial charge in [0.25, 0.3) is 0 Å². The topological polar surface area (TPSA) is 66.5 Å². The lowest BCUT2D eigenvalue weighted by atomic mass is 10.4. The third kappa shape index (κ3) is 2.84. The van der Waals surface area contributed by atoms with Crippen LogP contribution in [-0.4, -0.2) is 26.7 Å². The number of hydrogen-bond acceptors (Lipinski definition) is 4. The molecule has 0 aliphatic carbocycles. The van der Waals surface area contributed by atoms with Gasteiger partial charge in [-0.1, -0.05) is 23.2 Å². The number of anilines is 1. The third-order valence-corrected chi connectivity index (χ3v) is 2.42. The fourth-order valence-corrected chi connectivity index (χ4v) is 1.64. The minimum atomic E-state index is 0.505. The zero-order chi connectivity index (χ0) is 11.4. The standard InChI is InChI=1S/C9H9Cl2N5/c10-6-3-7(11)9(13-4-6)12-2-1-8-14-5-15-16-8/h3-5H,1-2H2,(H,12,13)(H,14,15,16). The number of halogens is 2. The number of aromatic amines is 1. The van der Waals surface area contributed by atoms with Gasteiger partial charge in [-0.2, -0.15) is 5.10 Å². The Bertz CT molecular complexity index is 457. The van der Waals surface area contributed by atoms with Gasteiger partial charge in [0.15, 0.2) is 0 Å². The van der Waals surface area contributed by atoms with Gasteiger partial charge in [0.2, 0.25) is 0 Å². The van der Waals surface area contributed by atoms with E-state index in [1.165, 1.54) is 6.33 Å². The molecule has 2 N–H and O–H groups in total. The van der Waals surface area contributed by atoms with E-state index in [9.17, 15) is 0 Å². The monoisotopic (exact) mass is 257 g/mol. The fraction of sp³-hybridized carbons (Fsp3) is 0.222. The van der Waals surface area contributed by atoms with Crippen LogP contribution < -0.4 is 5.32 Å². The molecule has 0 aromatic carbocycles. The quantitative estimate of drug-likeness (QED) is 0.881. The highest BCUT2D eigenvalue weighted by Gasteiger charge is 2.02. The number of hydrogen-bond donors (Lipinski definition) is 2. The summed E-state index contributed by atoms with van der Waals surface area (Å²) in [4.78, 5) is 8.08. The normalized spacial score (nSPS) is 10.4. The summed E-state index contributed by atoms with van der Waals surface area (Å²) >= 11 is 11.7.